The van der Waals surface area contributed by atoms with Gasteiger partial charge < -0.3 is 5.32 Å². The van der Waals surface area contributed by atoms with Crippen molar-refractivity contribution in [1.82, 2.24) is 0 Å². The van der Waals surface area contributed by atoms with Crippen molar-refractivity contribution < 1.29 is 9.72 Å². The number of hydrogen-bond donors (Lipinski definition) is 1. The molecule has 0 radical (unpaired) electrons. The molecule has 0 unspecified atom stereocenters. The molecular formula is C15H13N3O3S. The van der Waals surface area contributed by atoms with Gasteiger partial charge in [-0.1, -0.05) is 19.1 Å². The van der Waals surface area contributed by atoms with Crippen LogP contribution < -0.4 is 5.32 Å². The number of carbonyl (C=O) groups excluding carboxylic acids is 1. The number of nitriles is 1. The molecule has 1 aromatic heterocycles. The van der Waals surface area contributed by atoms with Crippen molar-refractivity contribution in [1.29, 1.82) is 5.26 Å². The molecule has 0 aliphatic rings. The van der Waals surface area contributed by atoms with Gasteiger partial charge in [0, 0.05) is 10.9 Å². The third kappa shape index (κ3) is 2.82. The molecule has 1 N–H and O–H groups in total. The number of thiophene rings is 1. The van der Waals surface area contributed by atoms with Gasteiger partial charge in [0.05, 0.1) is 10.5 Å². The Labute approximate surface area is 131 Å². The first kappa shape index (κ1) is 15.7. The van der Waals surface area contributed by atoms with Gasteiger partial charge in [-0.3, -0.25) is 14.9 Å². The van der Waals surface area contributed by atoms with Crippen LogP contribution in [0.25, 0.3) is 0 Å². The molecule has 1 heterocycles. The van der Waals surface area contributed by atoms with Crippen LogP contribution in [0, 0.1) is 28.4 Å². The summed E-state index contributed by atoms with van der Waals surface area (Å²) >= 11 is 1.30. The number of nitrogens with one attached hydrogen (secondary N) is 1. The molecule has 0 atom stereocenters. The van der Waals surface area contributed by atoms with Crippen LogP contribution in [0.5, 0.6) is 0 Å². The van der Waals surface area contributed by atoms with Gasteiger partial charge in [-0.25, -0.2) is 0 Å². The Hall–Kier alpha value is -2.72. The molecule has 0 bridgehead atoms. The molecule has 6 nitrogen and oxygen atoms in total. The maximum atomic E-state index is 12.3. The molecule has 1 aromatic carbocycles. The largest absolute Gasteiger partial charge is 0.312 e. The van der Waals surface area contributed by atoms with Crippen LogP contribution in [0.4, 0.5) is 10.7 Å². The van der Waals surface area contributed by atoms with Gasteiger partial charge in [0.15, 0.2) is 0 Å². The summed E-state index contributed by atoms with van der Waals surface area (Å²) in [6.45, 7) is 3.81. The third-order valence-corrected chi connectivity index (χ3v) is 4.31. The zero-order valence-electron chi connectivity index (χ0n) is 12.0. The van der Waals surface area contributed by atoms with E-state index in [1.807, 2.05) is 13.8 Å². The Morgan fingerprint density at radius 3 is 2.73 bits per heavy atom. The van der Waals surface area contributed by atoms with Crippen LogP contribution >= 0.6 is 11.3 Å². The number of nitrogens with zero attached hydrogens (tertiary/aromatic N) is 2. The smallest absolute Gasteiger partial charge is 0.282 e. The highest BCUT2D eigenvalue weighted by Gasteiger charge is 2.22. The van der Waals surface area contributed by atoms with Crippen molar-refractivity contribution in [2.24, 2.45) is 0 Å². The van der Waals surface area contributed by atoms with Gasteiger partial charge in [0.1, 0.15) is 16.6 Å². The van der Waals surface area contributed by atoms with Gasteiger partial charge in [-0.15, -0.1) is 11.3 Å². The van der Waals surface area contributed by atoms with E-state index in [9.17, 15) is 20.2 Å². The van der Waals surface area contributed by atoms with E-state index in [1.165, 1.54) is 29.5 Å². The Bertz CT molecular complexity index is 790. The lowest BCUT2D eigenvalue weighted by atomic mass is 10.1. The predicted molar refractivity (Wildman–Crippen MR) is 84.2 cm³/mol. The van der Waals surface area contributed by atoms with Gasteiger partial charge in [-0.2, -0.15) is 5.26 Å². The molecule has 0 aliphatic heterocycles. The van der Waals surface area contributed by atoms with Gasteiger partial charge in [0.2, 0.25) is 0 Å². The van der Waals surface area contributed by atoms with Gasteiger partial charge in [0.25, 0.3) is 11.6 Å². The van der Waals surface area contributed by atoms with E-state index in [4.69, 9.17) is 0 Å². The number of carbonyl (C=O) groups is 1. The second-order valence-electron chi connectivity index (χ2n) is 4.53. The number of rotatable bonds is 4. The highest BCUT2D eigenvalue weighted by Crippen LogP contribution is 2.33. The maximum absolute atomic E-state index is 12.3. The summed E-state index contributed by atoms with van der Waals surface area (Å²) in [7, 11) is 0. The summed E-state index contributed by atoms with van der Waals surface area (Å²) in [5.74, 6) is -0.590. The number of nitro benzene ring substituents is 1. The number of benzene rings is 1. The summed E-state index contributed by atoms with van der Waals surface area (Å²) in [6, 6.07) is 7.82. The highest BCUT2D eigenvalue weighted by molar-refractivity contribution is 7.16. The average molecular weight is 315 g/mol. The van der Waals surface area contributed by atoms with E-state index in [1.54, 1.807) is 6.07 Å². The Morgan fingerprint density at radius 2 is 2.14 bits per heavy atom. The molecule has 22 heavy (non-hydrogen) atoms. The lowest BCUT2D eigenvalue weighted by Gasteiger charge is -2.04. The summed E-state index contributed by atoms with van der Waals surface area (Å²) in [5.41, 5.74) is 1.03. The van der Waals surface area contributed by atoms with Crippen LogP contribution in [0.3, 0.4) is 0 Å². The van der Waals surface area contributed by atoms with Gasteiger partial charge in [-0.05, 0) is 25.0 Å². The molecular weight excluding hydrogens is 302 g/mol. The summed E-state index contributed by atoms with van der Waals surface area (Å²) < 4.78 is 0. The van der Waals surface area contributed by atoms with E-state index in [-0.39, 0.29) is 11.3 Å². The second-order valence-corrected chi connectivity index (χ2v) is 5.76. The fraction of sp³-hybridized carbons (Fsp3) is 0.200. The molecule has 0 spiro atoms. The normalized spacial score (nSPS) is 10.0. The summed E-state index contributed by atoms with van der Waals surface area (Å²) in [6.07, 6.45) is 0.687. The van der Waals surface area contributed by atoms with Crippen molar-refractivity contribution >= 4 is 27.9 Å². The highest BCUT2D eigenvalue weighted by atomic mass is 32.1. The third-order valence-electron chi connectivity index (χ3n) is 3.25. The molecule has 1 amide bonds. The van der Waals surface area contributed by atoms with Crippen molar-refractivity contribution in [3.8, 4) is 6.07 Å². The minimum Gasteiger partial charge on any atom is -0.312 e. The van der Waals surface area contributed by atoms with E-state index >= 15 is 0 Å². The van der Waals surface area contributed by atoms with Crippen molar-refractivity contribution in [2.45, 2.75) is 20.3 Å². The Kier molecular flexibility index (Phi) is 4.53. The lowest BCUT2D eigenvalue weighted by Crippen LogP contribution is -2.13. The number of anilines is 1. The molecule has 112 valence electrons. The molecule has 0 saturated carbocycles. The molecule has 2 rings (SSSR count). The van der Waals surface area contributed by atoms with Gasteiger partial charge >= 0.3 is 0 Å². The minimum atomic E-state index is -0.600. The molecule has 0 saturated heterocycles. The number of aryl methyl sites for hydroxylation is 1. The summed E-state index contributed by atoms with van der Waals surface area (Å²) in [4.78, 5) is 23.6. The first-order valence-corrected chi connectivity index (χ1v) is 7.38. The summed E-state index contributed by atoms with van der Waals surface area (Å²) in [5, 5.41) is 23.3. The second kappa shape index (κ2) is 6.37. The number of para-hydroxylation sites is 1. The van der Waals surface area contributed by atoms with E-state index in [2.05, 4.69) is 11.4 Å². The van der Waals surface area contributed by atoms with E-state index in [0.29, 0.717) is 17.0 Å². The first-order valence-electron chi connectivity index (χ1n) is 6.56. The van der Waals surface area contributed by atoms with Crippen molar-refractivity contribution in [2.75, 3.05) is 5.32 Å². The van der Waals surface area contributed by atoms with E-state index < -0.39 is 10.8 Å². The maximum Gasteiger partial charge on any atom is 0.282 e. The zero-order chi connectivity index (χ0) is 16.3. The first-order chi connectivity index (χ1) is 10.5. The Balaban J connectivity index is 2.39. The van der Waals surface area contributed by atoms with Crippen molar-refractivity contribution in [3.63, 3.8) is 0 Å². The van der Waals surface area contributed by atoms with Crippen molar-refractivity contribution in [3.05, 3.63) is 55.9 Å². The van der Waals surface area contributed by atoms with E-state index in [0.717, 1.165) is 10.4 Å². The van der Waals surface area contributed by atoms with Crippen LogP contribution in [0.2, 0.25) is 0 Å². The Morgan fingerprint density at radius 1 is 1.45 bits per heavy atom. The fourth-order valence-electron chi connectivity index (χ4n) is 2.21. The van der Waals surface area contributed by atoms with Crippen LogP contribution in [-0.2, 0) is 6.42 Å². The molecule has 0 fully saturated rings. The minimum absolute atomic E-state index is 0.0273. The monoisotopic (exact) mass is 315 g/mol. The molecule has 2 aromatic rings. The topological polar surface area (TPSA) is 96.0 Å². The average Bonchev–Trinajstić information content (AvgIpc) is 2.81. The number of amides is 1. The van der Waals surface area contributed by atoms with Crippen LogP contribution in [0.15, 0.2) is 24.3 Å². The fourth-order valence-corrected chi connectivity index (χ4v) is 3.30. The number of nitro groups is 1. The van der Waals surface area contributed by atoms with Crippen LogP contribution in [0.1, 0.15) is 33.3 Å². The zero-order valence-corrected chi connectivity index (χ0v) is 12.9. The molecule has 7 heteroatoms. The quantitative estimate of drug-likeness (QED) is 0.688. The van der Waals surface area contributed by atoms with Crippen LogP contribution in [-0.4, -0.2) is 10.8 Å². The molecule has 0 aliphatic carbocycles. The standard InChI is InChI=1S/C15H13N3O3S/c1-3-10-9(2)22-15(12(10)8-16)17-14(19)11-6-4-5-7-13(11)18(20)21/h4-7H,3H2,1-2H3,(H,17,19). The SMILES string of the molecule is CCc1c(C)sc(NC(=O)c2ccccc2[N+](=O)[O-])c1C#N. The predicted octanol–water partition coefficient (Wildman–Crippen LogP) is 3.65. The lowest BCUT2D eigenvalue weighted by molar-refractivity contribution is -0.385. The number of hydrogen-bond acceptors (Lipinski definition) is 5.